The first-order valence-electron chi connectivity index (χ1n) is 4.27. The van der Waals surface area contributed by atoms with Gasteiger partial charge in [-0.1, -0.05) is 5.16 Å². The van der Waals surface area contributed by atoms with Gasteiger partial charge in [0, 0.05) is 11.6 Å². The number of methoxy groups -OCH3 is 1. The molecule has 1 heterocycles. The summed E-state index contributed by atoms with van der Waals surface area (Å²) >= 11 is 0. The number of hydrogen-bond donors (Lipinski definition) is 1. The van der Waals surface area contributed by atoms with E-state index >= 15 is 0 Å². The molecule has 0 amide bonds. The number of halogens is 1. The maximum Gasteiger partial charge on any atom is 0.222 e. The first-order chi connectivity index (χ1) is 7.20. The second-order valence-corrected chi connectivity index (χ2v) is 2.96. The lowest BCUT2D eigenvalue weighted by Gasteiger charge is -2.02. The van der Waals surface area contributed by atoms with Crippen LogP contribution in [-0.2, 0) is 0 Å². The molecule has 2 rings (SSSR count). The number of nitrogen functional groups attached to an aromatic ring is 1. The maximum absolute atomic E-state index is 13.1. The van der Waals surface area contributed by atoms with Gasteiger partial charge in [-0.05, 0) is 18.2 Å². The van der Waals surface area contributed by atoms with Crippen LogP contribution in [0.5, 0.6) is 5.75 Å². The quantitative estimate of drug-likeness (QED) is 0.820. The number of rotatable bonds is 2. The number of anilines is 1. The summed E-state index contributed by atoms with van der Waals surface area (Å²) in [5.74, 6) is -0.0416. The van der Waals surface area contributed by atoms with Crippen molar-refractivity contribution in [1.82, 2.24) is 5.16 Å². The Kier molecular flexibility index (Phi) is 2.29. The molecule has 0 aliphatic heterocycles. The highest BCUT2D eigenvalue weighted by atomic mass is 19.1. The SMILES string of the molecule is COc1cc(-c2cc(N)on2)ccc1F. The molecule has 78 valence electrons. The van der Waals surface area contributed by atoms with Crippen molar-refractivity contribution < 1.29 is 13.7 Å². The number of benzene rings is 1. The first-order valence-corrected chi connectivity index (χ1v) is 4.27. The lowest BCUT2D eigenvalue weighted by atomic mass is 10.1. The molecule has 1 aromatic carbocycles. The van der Waals surface area contributed by atoms with Crippen LogP contribution in [0.4, 0.5) is 10.3 Å². The molecule has 4 nitrogen and oxygen atoms in total. The van der Waals surface area contributed by atoms with Gasteiger partial charge in [0.1, 0.15) is 5.69 Å². The third-order valence-corrected chi connectivity index (χ3v) is 1.98. The van der Waals surface area contributed by atoms with Crippen LogP contribution >= 0.6 is 0 Å². The second kappa shape index (κ2) is 3.61. The summed E-state index contributed by atoms with van der Waals surface area (Å²) in [6.07, 6.45) is 0. The van der Waals surface area contributed by atoms with Gasteiger partial charge in [0.2, 0.25) is 5.88 Å². The van der Waals surface area contributed by atoms with E-state index in [0.717, 1.165) is 0 Å². The average Bonchev–Trinajstić information content (AvgIpc) is 2.66. The minimum Gasteiger partial charge on any atom is -0.494 e. The number of hydrogen-bond acceptors (Lipinski definition) is 4. The van der Waals surface area contributed by atoms with Gasteiger partial charge in [0.25, 0.3) is 0 Å². The van der Waals surface area contributed by atoms with Gasteiger partial charge >= 0.3 is 0 Å². The summed E-state index contributed by atoms with van der Waals surface area (Å²) in [7, 11) is 1.40. The van der Waals surface area contributed by atoms with Crippen molar-refractivity contribution in [2.45, 2.75) is 0 Å². The van der Waals surface area contributed by atoms with E-state index < -0.39 is 5.82 Å². The molecule has 0 radical (unpaired) electrons. The summed E-state index contributed by atoms with van der Waals surface area (Å²) in [6, 6.07) is 5.98. The molecule has 2 aromatic rings. The molecule has 0 aliphatic rings. The molecule has 0 spiro atoms. The Bertz CT molecular complexity index is 482. The summed E-state index contributed by atoms with van der Waals surface area (Å²) in [6.45, 7) is 0. The lowest BCUT2D eigenvalue weighted by molar-refractivity contribution is 0.386. The molecular weight excluding hydrogens is 199 g/mol. The van der Waals surface area contributed by atoms with Crippen LogP contribution in [0.3, 0.4) is 0 Å². The van der Waals surface area contributed by atoms with E-state index in [1.54, 1.807) is 12.1 Å². The van der Waals surface area contributed by atoms with Gasteiger partial charge in [-0.2, -0.15) is 0 Å². The number of ether oxygens (including phenoxy) is 1. The fourth-order valence-electron chi connectivity index (χ4n) is 1.24. The topological polar surface area (TPSA) is 61.3 Å². The van der Waals surface area contributed by atoms with Gasteiger partial charge in [0.05, 0.1) is 7.11 Å². The Morgan fingerprint density at radius 1 is 1.40 bits per heavy atom. The number of nitrogens with two attached hydrogens (primary N) is 1. The molecule has 15 heavy (non-hydrogen) atoms. The molecular formula is C10H9FN2O2. The largest absolute Gasteiger partial charge is 0.494 e. The zero-order chi connectivity index (χ0) is 10.8. The predicted molar refractivity (Wildman–Crippen MR) is 52.9 cm³/mol. The van der Waals surface area contributed by atoms with Crippen molar-refractivity contribution in [2.24, 2.45) is 0 Å². The monoisotopic (exact) mass is 208 g/mol. The van der Waals surface area contributed by atoms with Crippen molar-refractivity contribution >= 4 is 5.88 Å². The molecule has 0 unspecified atom stereocenters. The van der Waals surface area contributed by atoms with Crippen LogP contribution in [0.1, 0.15) is 0 Å². The van der Waals surface area contributed by atoms with Gasteiger partial charge < -0.3 is 15.0 Å². The molecule has 5 heteroatoms. The van der Waals surface area contributed by atoms with Crippen LogP contribution in [0.15, 0.2) is 28.8 Å². The van der Waals surface area contributed by atoms with Gasteiger partial charge in [-0.25, -0.2) is 4.39 Å². The fraction of sp³-hybridized carbons (Fsp3) is 0.100. The van der Waals surface area contributed by atoms with Crippen LogP contribution in [-0.4, -0.2) is 12.3 Å². The van der Waals surface area contributed by atoms with Crippen molar-refractivity contribution in [1.29, 1.82) is 0 Å². The average molecular weight is 208 g/mol. The maximum atomic E-state index is 13.1. The summed E-state index contributed by atoms with van der Waals surface area (Å²) < 4.78 is 22.7. The van der Waals surface area contributed by atoms with E-state index in [4.69, 9.17) is 15.0 Å². The van der Waals surface area contributed by atoms with Crippen molar-refractivity contribution in [3.05, 3.63) is 30.1 Å². The van der Waals surface area contributed by atoms with E-state index in [1.807, 2.05) is 0 Å². The van der Waals surface area contributed by atoms with Crippen molar-refractivity contribution in [3.8, 4) is 17.0 Å². The lowest BCUT2D eigenvalue weighted by Crippen LogP contribution is -1.88. The summed E-state index contributed by atoms with van der Waals surface area (Å²) in [5.41, 5.74) is 6.62. The summed E-state index contributed by atoms with van der Waals surface area (Å²) in [4.78, 5) is 0. The molecule has 0 fully saturated rings. The Balaban J connectivity index is 2.45. The minimum atomic E-state index is -0.419. The number of nitrogens with zero attached hydrogens (tertiary/aromatic N) is 1. The Morgan fingerprint density at radius 2 is 2.20 bits per heavy atom. The van der Waals surface area contributed by atoms with Gasteiger partial charge in [-0.3, -0.25) is 0 Å². The fourth-order valence-corrected chi connectivity index (χ4v) is 1.24. The standard InChI is InChI=1S/C10H9FN2O2/c1-14-9-4-6(2-3-7(9)11)8-5-10(12)15-13-8/h2-5H,12H2,1H3. The van der Waals surface area contributed by atoms with E-state index in [1.165, 1.54) is 19.2 Å². The molecule has 0 saturated carbocycles. The van der Waals surface area contributed by atoms with Gasteiger partial charge in [-0.15, -0.1) is 0 Å². The third kappa shape index (κ3) is 1.76. The highest BCUT2D eigenvalue weighted by molar-refractivity contribution is 5.63. The van der Waals surface area contributed by atoms with Crippen LogP contribution < -0.4 is 10.5 Å². The molecule has 1 aromatic heterocycles. The normalized spacial score (nSPS) is 10.3. The molecule has 0 saturated heterocycles. The highest BCUT2D eigenvalue weighted by Gasteiger charge is 2.08. The Hall–Kier alpha value is -2.04. The van der Waals surface area contributed by atoms with E-state index in [-0.39, 0.29) is 11.6 Å². The number of aromatic nitrogens is 1. The van der Waals surface area contributed by atoms with Crippen molar-refractivity contribution in [2.75, 3.05) is 12.8 Å². The van der Waals surface area contributed by atoms with E-state index in [9.17, 15) is 4.39 Å². The zero-order valence-electron chi connectivity index (χ0n) is 8.03. The molecule has 0 bridgehead atoms. The zero-order valence-corrected chi connectivity index (χ0v) is 8.03. The van der Waals surface area contributed by atoms with Crippen molar-refractivity contribution in [3.63, 3.8) is 0 Å². The molecule has 2 N–H and O–H groups in total. The smallest absolute Gasteiger partial charge is 0.222 e. The first kappa shape index (κ1) is 9.51. The highest BCUT2D eigenvalue weighted by Crippen LogP contribution is 2.26. The minimum absolute atomic E-state index is 0.161. The second-order valence-electron chi connectivity index (χ2n) is 2.96. The van der Waals surface area contributed by atoms with E-state index in [0.29, 0.717) is 11.3 Å². The Labute approximate surface area is 85.4 Å². The molecule has 0 aliphatic carbocycles. The Morgan fingerprint density at radius 3 is 2.80 bits per heavy atom. The summed E-state index contributed by atoms with van der Waals surface area (Å²) in [5, 5.41) is 3.71. The third-order valence-electron chi connectivity index (χ3n) is 1.98. The van der Waals surface area contributed by atoms with Gasteiger partial charge in [0.15, 0.2) is 11.6 Å². The van der Waals surface area contributed by atoms with Crippen LogP contribution in [0.25, 0.3) is 11.3 Å². The van der Waals surface area contributed by atoms with Crippen LogP contribution in [0.2, 0.25) is 0 Å². The predicted octanol–water partition coefficient (Wildman–Crippen LogP) is 2.07. The van der Waals surface area contributed by atoms with E-state index in [2.05, 4.69) is 5.16 Å². The molecule has 0 atom stereocenters. The van der Waals surface area contributed by atoms with Crippen LogP contribution in [0, 0.1) is 5.82 Å².